The number of hydrogen-bond donors (Lipinski definition) is 0. The number of pyridine rings is 1. The predicted molar refractivity (Wildman–Crippen MR) is 60.2 cm³/mol. The molecule has 1 aromatic rings. The number of hydrogen-bond acceptors (Lipinski definition) is 2. The Balaban J connectivity index is 2.15. The van der Waals surface area contributed by atoms with Crippen LogP contribution in [0.2, 0.25) is 5.02 Å². The molecule has 1 saturated heterocycles. The van der Waals surface area contributed by atoms with Crippen LogP contribution in [-0.2, 0) is 0 Å². The van der Waals surface area contributed by atoms with E-state index in [9.17, 15) is 13.2 Å². The Morgan fingerprint density at radius 3 is 2.82 bits per heavy atom. The van der Waals surface area contributed by atoms with Gasteiger partial charge in [0.2, 0.25) is 0 Å². The maximum Gasteiger partial charge on any atom is 0.393 e. The Bertz CT molecular complexity index is 395. The Hall–Kier alpha value is -0.970. The first kappa shape index (κ1) is 12.5. The number of halogens is 4. The van der Waals surface area contributed by atoms with E-state index in [0.717, 1.165) is 0 Å². The van der Waals surface area contributed by atoms with E-state index in [1.807, 2.05) is 0 Å². The van der Waals surface area contributed by atoms with Gasteiger partial charge >= 0.3 is 6.18 Å². The summed E-state index contributed by atoms with van der Waals surface area (Å²) in [5.74, 6) is -0.836. The summed E-state index contributed by atoms with van der Waals surface area (Å²) in [6, 6.07) is 3.30. The van der Waals surface area contributed by atoms with Crippen molar-refractivity contribution < 1.29 is 13.2 Å². The van der Waals surface area contributed by atoms with Crippen LogP contribution in [-0.4, -0.2) is 24.2 Å². The van der Waals surface area contributed by atoms with E-state index in [2.05, 4.69) is 4.98 Å². The first-order chi connectivity index (χ1) is 7.98. The highest BCUT2D eigenvalue weighted by atomic mass is 35.5. The lowest BCUT2D eigenvalue weighted by atomic mass is 9.97. The lowest BCUT2D eigenvalue weighted by Gasteiger charge is -2.34. The highest BCUT2D eigenvalue weighted by Crippen LogP contribution is 2.35. The number of rotatable bonds is 1. The molecule has 1 aliphatic heterocycles. The quantitative estimate of drug-likeness (QED) is 0.772. The zero-order valence-corrected chi connectivity index (χ0v) is 9.80. The first-order valence-corrected chi connectivity index (χ1v) is 5.78. The Labute approximate surface area is 102 Å². The molecule has 1 aliphatic rings. The van der Waals surface area contributed by atoms with Crippen LogP contribution in [0, 0.1) is 5.92 Å². The van der Waals surface area contributed by atoms with Crippen molar-refractivity contribution in [1.29, 1.82) is 0 Å². The molecule has 1 fully saturated rings. The Morgan fingerprint density at radius 2 is 2.18 bits per heavy atom. The van der Waals surface area contributed by atoms with Gasteiger partial charge in [0.25, 0.3) is 0 Å². The Morgan fingerprint density at radius 1 is 1.41 bits per heavy atom. The SMILES string of the molecule is FC(F)(F)C1CCCN(c2ncccc2Cl)C1. The highest BCUT2D eigenvalue weighted by molar-refractivity contribution is 6.32. The summed E-state index contributed by atoms with van der Waals surface area (Å²) in [7, 11) is 0. The van der Waals surface area contributed by atoms with E-state index < -0.39 is 12.1 Å². The molecule has 1 aromatic heterocycles. The van der Waals surface area contributed by atoms with E-state index in [0.29, 0.717) is 23.8 Å². The van der Waals surface area contributed by atoms with Crippen molar-refractivity contribution in [2.24, 2.45) is 5.92 Å². The fourth-order valence-corrected chi connectivity index (χ4v) is 2.29. The van der Waals surface area contributed by atoms with Crippen molar-refractivity contribution in [2.45, 2.75) is 19.0 Å². The van der Waals surface area contributed by atoms with Gasteiger partial charge in [-0.2, -0.15) is 13.2 Å². The van der Waals surface area contributed by atoms with Gasteiger partial charge in [0.15, 0.2) is 0 Å². The molecule has 0 spiro atoms. The van der Waals surface area contributed by atoms with Crippen LogP contribution >= 0.6 is 11.6 Å². The molecule has 0 aliphatic carbocycles. The van der Waals surface area contributed by atoms with Gasteiger partial charge in [-0.3, -0.25) is 0 Å². The summed E-state index contributed by atoms with van der Waals surface area (Å²) >= 11 is 5.93. The van der Waals surface area contributed by atoms with E-state index in [1.54, 1.807) is 23.2 Å². The van der Waals surface area contributed by atoms with Crippen LogP contribution < -0.4 is 4.90 Å². The molecular formula is C11H12ClF3N2. The van der Waals surface area contributed by atoms with Gasteiger partial charge in [-0.25, -0.2) is 4.98 Å². The van der Waals surface area contributed by atoms with E-state index in [1.165, 1.54) is 0 Å². The minimum Gasteiger partial charge on any atom is -0.355 e. The van der Waals surface area contributed by atoms with Crippen LogP contribution in [0.1, 0.15) is 12.8 Å². The third-order valence-corrected chi connectivity index (χ3v) is 3.22. The van der Waals surface area contributed by atoms with Gasteiger partial charge in [0.1, 0.15) is 5.82 Å². The molecule has 0 amide bonds. The van der Waals surface area contributed by atoms with Crippen LogP contribution in [0.25, 0.3) is 0 Å². The lowest BCUT2D eigenvalue weighted by Crippen LogP contribution is -2.42. The molecule has 2 nitrogen and oxygen atoms in total. The normalized spacial score (nSPS) is 21.6. The van der Waals surface area contributed by atoms with Crippen molar-refractivity contribution in [3.05, 3.63) is 23.4 Å². The van der Waals surface area contributed by atoms with Crippen LogP contribution in [0.4, 0.5) is 19.0 Å². The highest BCUT2D eigenvalue weighted by Gasteiger charge is 2.42. The molecular weight excluding hydrogens is 253 g/mol. The van der Waals surface area contributed by atoms with E-state index in [4.69, 9.17) is 11.6 Å². The molecule has 6 heteroatoms. The standard InChI is InChI=1S/C11H12ClF3N2/c12-9-4-1-5-16-10(9)17-6-2-3-8(7-17)11(13,14)15/h1,4-5,8H,2-3,6-7H2. The Kier molecular flexibility index (Phi) is 3.47. The largest absolute Gasteiger partial charge is 0.393 e. The minimum absolute atomic E-state index is 0.0553. The van der Waals surface area contributed by atoms with Crippen molar-refractivity contribution in [2.75, 3.05) is 18.0 Å². The van der Waals surface area contributed by atoms with E-state index in [-0.39, 0.29) is 13.0 Å². The second-order valence-corrected chi connectivity index (χ2v) is 4.54. The zero-order valence-electron chi connectivity index (χ0n) is 9.04. The maximum atomic E-state index is 12.7. The molecule has 0 saturated carbocycles. The summed E-state index contributed by atoms with van der Waals surface area (Å²) in [5.41, 5.74) is 0. The fourth-order valence-electron chi connectivity index (χ4n) is 2.05. The lowest BCUT2D eigenvalue weighted by molar-refractivity contribution is -0.176. The number of alkyl halides is 3. The summed E-state index contributed by atoms with van der Waals surface area (Å²) < 4.78 is 38.0. The smallest absolute Gasteiger partial charge is 0.355 e. The molecule has 94 valence electrons. The fraction of sp³-hybridized carbons (Fsp3) is 0.545. The van der Waals surface area contributed by atoms with Crippen molar-refractivity contribution >= 4 is 17.4 Å². The molecule has 2 rings (SSSR count). The molecule has 0 radical (unpaired) electrons. The average Bonchev–Trinajstić information content (AvgIpc) is 2.29. The van der Waals surface area contributed by atoms with Crippen molar-refractivity contribution in [3.8, 4) is 0 Å². The van der Waals surface area contributed by atoms with Gasteiger partial charge in [-0.1, -0.05) is 11.6 Å². The van der Waals surface area contributed by atoms with Gasteiger partial charge in [-0.15, -0.1) is 0 Å². The summed E-state index contributed by atoms with van der Waals surface area (Å²) in [6.45, 7) is 0.517. The van der Waals surface area contributed by atoms with E-state index >= 15 is 0 Å². The molecule has 0 bridgehead atoms. The number of aromatic nitrogens is 1. The minimum atomic E-state index is -4.14. The maximum absolute atomic E-state index is 12.7. The summed E-state index contributed by atoms with van der Waals surface area (Å²) in [4.78, 5) is 5.66. The van der Waals surface area contributed by atoms with Crippen molar-refractivity contribution in [1.82, 2.24) is 4.98 Å². The number of nitrogens with zero attached hydrogens (tertiary/aromatic N) is 2. The monoisotopic (exact) mass is 264 g/mol. The zero-order chi connectivity index (χ0) is 12.5. The predicted octanol–water partition coefficient (Wildman–Crippen LogP) is 3.51. The molecule has 1 atom stereocenters. The van der Waals surface area contributed by atoms with Gasteiger partial charge in [0.05, 0.1) is 10.9 Å². The van der Waals surface area contributed by atoms with Crippen LogP contribution in [0.15, 0.2) is 18.3 Å². The van der Waals surface area contributed by atoms with Crippen molar-refractivity contribution in [3.63, 3.8) is 0 Å². The van der Waals surface area contributed by atoms with Gasteiger partial charge in [0, 0.05) is 19.3 Å². The van der Waals surface area contributed by atoms with Crippen LogP contribution in [0.3, 0.4) is 0 Å². The topological polar surface area (TPSA) is 16.1 Å². The molecule has 17 heavy (non-hydrogen) atoms. The molecule has 2 heterocycles. The first-order valence-electron chi connectivity index (χ1n) is 5.40. The molecule has 0 aromatic carbocycles. The number of piperidine rings is 1. The van der Waals surface area contributed by atoms with Crippen LogP contribution in [0.5, 0.6) is 0 Å². The van der Waals surface area contributed by atoms with Gasteiger partial charge in [-0.05, 0) is 25.0 Å². The third kappa shape index (κ3) is 2.83. The van der Waals surface area contributed by atoms with Gasteiger partial charge < -0.3 is 4.90 Å². The summed E-state index contributed by atoms with van der Waals surface area (Å²) in [6.07, 6.45) is -1.90. The average molecular weight is 265 g/mol. The summed E-state index contributed by atoms with van der Waals surface area (Å²) in [5, 5.41) is 0.398. The molecule has 1 unspecified atom stereocenters. The third-order valence-electron chi connectivity index (χ3n) is 2.92. The second kappa shape index (κ2) is 4.72. The molecule has 0 N–H and O–H groups in total. The second-order valence-electron chi connectivity index (χ2n) is 4.14. The number of anilines is 1.